The van der Waals surface area contributed by atoms with Crippen molar-refractivity contribution >= 4 is 32.6 Å². The summed E-state index contributed by atoms with van der Waals surface area (Å²) in [4.78, 5) is 9.06. The number of hydrogen-bond acceptors (Lipinski definition) is 1. The van der Waals surface area contributed by atoms with Gasteiger partial charge >= 0.3 is 0 Å². The van der Waals surface area contributed by atoms with Crippen LogP contribution in [0.5, 0.6) is 0 Å². The van der Waals surface area contributed by atoms with Crippen molar-refractivity contribution in [2.24, 2.45) is 0 Å². The maximum atomic E-state index is 9.06. The van der Waals surface area contributed by atoms with E-state index in [0.29, 0.717) is 6.41 Å². The predicted molar refractivity (Wildman–Crippen MR) is 20.9 cm³/mol. The van der Waals surface area contributed by atoms with Crippen LogP contribution in [-0.4, -0.2) is 39.7 Å². The molecule has 0 saturated carbocycles. The van der Waals surface area contributed by atoms with Gasteiger partial charge in [0.15, 0.2) is 0 Å². The first-order valence-corrected chi connectivity index (χ1v) is 1.02. The van der Waals surface area contributed by atoms with Crippen molar-refractivity contribution in [2.45, 2.75) is 0 Å². The average molecular weight is 268 g/mol. The maximum Gasteiger partial charge on any atom is 0.206 e. The van der Waals surface area contributed by atoms with E-state index in [1.807, 2.05) is 0 Å². The molecule has 0 heterocycles. The van der Waals surface area contributed by atoms with Crippen molar-refractivity contribution in [3.63, 3.8) is 0 Å². The molecule has 1 amide bonds. The first-order valence-electron chi connectivity index (χ1n) is 1.02. The molecule has 3 heteroatoms. The Morgan fingerprint density at radius 1 is 1.80 bits per heavy atom. The van der Waals surface area contributed by atoms with Gasteiger partial charge < -0.3 is 5.32 Å². The molecule has 29 valence electrons. The predicted octanol–water partition coefficient (Wildman–Crippen LogP) is -1.02. The third-order valence-electron chi connectivity index (χ3n) is 0.118. The Morgan fingerprint density at radius 2 is 2.00 bits per heavy atom. The van der Waals surface area contributed by atoms with E-state index in [4.69, 9.17) is 4.79 Å². The smallest absolute Gasteiger partial charge is 0.206 e. The Kier molecular flexibility index (Phi) is 15.9. The summed E-state index contributed by atoms with van der Waals surface area (Å²) in [6, 6.07) is 0. The molecular weight excluding hydrogens is 263 g/mol. The number of hydrogen-bond donors (Lipinski definition) is 1. The van der Waals surface area contributed by atoms with Gasteiger partial charge in [0.2, 0.25) is 6.41 Å². The number of amides is 1. The Balaban J connectivity index is 0. The Bertz CT molecular complexity index is 23.6. The minimum Gasteiger partial charge on any atom is -0.362 e. The number of carbonyl (C=O) groups excluding carboxylic acids is 1. The van der Waals surface area contributed by atoms with E-state index in [1.54, 1.807) is 7.05 Å². The standard InChI is InChI=1S/C2H5NO.Bi/c1-3-2-4;/h2H,1H3,(H,3,4);. The van der Waals surface area contributed by atoms with E-state index in [-0.39, 0.29) is 26.2 Å². The molecule has 0 rings (SSSR count). The summed E-state index contributed by atoms with van der Waals surface area (Å²) >= 11 is 0. The van der Waals surface area contributed by atoms with E-state index in [0.717, 1.165) is 0 Å². The molecule has 0 aliphatic rings. The van der Waals surface area contributed by atoms with Gasteiger partial charge in [0.25, 0.3) is 0 Å². The van der Waals surface area contributed by atoms with Gasteiger partial charge in [-0.2, -0.15) is 0 Å². The van der Waals surface area contributed by atoms with Gasteiger partial charge in [0.05, 0.1) is 0 Å². The topological polar surface area (TPSA) is 29.1 Å². The molecule has 0 aromatic carbocycles. The van der Waals surface area contributed by atoms with Crippen molar-refractivity contribution in [3.05, 3.63) is 0 Å². The van der Waals surface area contributed by atoms with Crippen LogP contribution in [0.15, 0.2) is 0 Å². The fourth-order valence-corrected chi connectivity index (χ4v) is 0. The second-order valence-corrected chi connectivity index (χ2v) is 0.407. The summed E-state index contributed by atoms with van der Waals surface area (Å²) in [5.41, 5.74) is 0. The van der Waals surface area contributed by atoms with Gasteiger partial charge in [-0.15, -0.1) is 0 Å². The zero-order chi connectivity index (χ0) is 3.41. The summed E-state index contributed by atoms with van der Waals surface area (Å²) in [7, 11) is 1.56. The van der Waals surface area contributed by atoms with Crippen molar-refractivity contribution in [2.75, 3.05) is 7.05 Å². The summed E-state index contributed by atoms with van der Waals surface area (Å²) < 4.78 is 0. The molecule has 0 aliphatic heterocycles. The Hall–Kier alpha value is 0.353. The summed E-state index contributed by atoms with van der Waals surface area (Å²) in [6.45, 7) is 0. The monoisotopic (exact) mass is 268 g/mol. The van der Waals surface area contributed by atoms with Gasteiger partial charge in [0.1, 0.15) is 0 Å². The summed E-state index contributed by atoms with van der Waals surface area (Å²) in [5, 5.41) is 2.25. The molecule has 5 heavy (non-hydrogen) atoms. The minimum absolute atomic E-state index is 0. The maximum absolute atomic E-state index is 9.06. The first kappa shape index (κ1) is 9.02. The number of carbonyl (C=O) groups is 1. The van der Waals surface area contributed by atoms with Gasteiger partial charge in [-0.1, -0.05) is 0 Å². The van der Waals surface area contributed by atoms with E-state index in [1.165, 1.54) is 0 Å². The van der Waals surface area contributed by atoms with Gasteiger partial charge in [-0.25, -0.2) is 0 Å². The van der Waals surface area contributed by atoms with Crippen LogP contribution in [0.3, 0.4) is 0 Å². The van der Waals surface area contributed by atoms with Crippen molar-refractivity contribution < 1.29 is 4.79 Å². The van der Waals surface area contributed by atoms with Crippen molar-refractivity contribution in [1.29, 1.82) is 0 Å². The van der Waals surface area contributed by atoms with Crippen LogP contribution in [0.2, 0.25) is 0 Å². The SMILES string of the molecule is CNC=O.[Bi]. The molecule has 1 N–H and O–H groups in total. The van der Waals surface area contributed by atoms with E-state index in [9.17, 15) is 0 Å². The van der Waals surface area contributed by atoms with Crippen LogP contribution in [-0.2, 0) is 4.79 Å². The first-order chi connectivity index (χ1) is 1.91. The second kappa shape index (κ2) is 8.84. The normalized spacial score (nSPS) is 4.20. The fourth-order valence-electron chi connectivity index (χ4n) is 0. The summed E-state index contributed by atoms with van der Waals surface area (Å²) in [5.74, 6) is 0. The zero-order valence-electron chi connectivity index (χ0n) is 2.93. The van der Waals surface area contributed by atoms with Crippen LogP contribution >= 0.6 is 0 Å². The third kappa shape index (κ3) is 13.2. The van der Waals surface area contributed by atoms with Crippen molar-refractivity contribution in [3.8, 4) is 0 Å². The van der Waals surface area contributed by atoms with Crippen LogP contribution in [0.1, 0.15) is 0 Å². The van der Waals surface area contributed by atoms with E-state index in [2.05, 4.69) is 5.32 Å². The molecule has 0 spiro atoms. The van der Waals surface area contributed by atoms with E-state index >= 15 is 0 Å². The third-order valence-corrected chi connectivity index (χ3v) is 0.118. The fraction of sp³-hybridized carbons (Fsp3) is 0.500. The molecule has 0 saturated heterocycles. The van der Waals surface area contributed by atoms with Crippen molar-refractivity contribution in [1.82, 2.24) is 5.32 Å². The van der Waals surface area contributed by atoms with Crippen LogP contribution in [0.4, 0.5) is 0 Å². The molecule has 0 unspecified atom stereocenters. The summed E-state index contributed by atoms with van der Waals surface area (Å²) in [6.07, 6.45) is 0.625. The molecule has 0 aromatic rings. The molecule has 0 fully saturated rings. The molecule has 0 bridgehead atoms. The van der Waals surface area contributed by atoms with Gasteiger partial charge in [-0.3, -0.25) is 4.79 Å². The number of rotatable bonds is 1. The number of nitrogens with one attached hydrogen (secondary N) is 1. The molecule has 0 atom stereocenters. The van der Waals surface area contributed by atoms with Crippen LogP contribution in [0, 0.1) is 0 Å². The molecule has 0 aromatic heterocycles. The largest absolute Gasteiger partial charge is 0.362 e. The quantitative estimate of drug-likeness (QED) is 0.479. The van der Waals surface area contributed by atoms with E-state index < -0.39 is 0 Å². The molecule has 0 aliphatic carbocycles. The van der Waals surface area contributed by atoms with Gasteiger partial charge in [0, 0.05) is 33.3 Å². The molecular formula is C2H5BiNO. The second-order valence-electron chi connectivity index (χ2n) is 0.407. The Labute approximate surface area is 50.1 Å². The van der Waals surface area contributed by atoms with Crippen LogP contribution in [0.25, 0.3) is 0 Å². The van der Waals surface area contributed by atoms with Crippen LogP contribution < -0.4 is 5.32 Å². The van der Waals surface area contributed by atoms with Gasteiger partial charge in [-0.05, 0) is 0 Å². The molecule has 2 nitrogen and oxygen atoms in total. The zero-order valence-corrected chi connectivity index (χ0v) is 6.41. The molecule has 3 radical (unpaired) electrons. The Morgan fingerprint density at radius 3 is 2.00 bits per heavy atom. The minimum atomic E-state index is 0. The average Bonchev–Trinajstić information content (AvgIpc) is 1.37.